The van der Waals surface area contributed by atoms with Crippen LogP contribution < -0.4 is 0 Å². The van der Waals surface area contributed by atoms with E-state index in [0.717, 1.165) is 13.2 Å². The highest BCUT2D eigenvalue weighted by Crippen LogP contribution is 2.33. The van der Waals surface area contributed by atoms with Crippen LogP contribution in [0.4, 0.5) is 0 Å². The number of fused-ring (bicyclic) bond motifs is 1. The summed E-state index contributed by atoms with van der Waals surface area (Å²) in [4.78, 5) is 2.60. The third kappa shape index (κ3) is 2.03. The summed E-state index contributed by atoms with van der Waals surface area (Å²) in [5.74, 6) is 0.694. The van der Waals surface area contributed by atoms with Gasteiger partial charge in [0.15, 0.2) is 0 Å². The number of hydrogen-bond donors (Lipinski definition) is 1. The highest BCUT2D eigenvalue weighted by atomic mass is 16.5. The minimum Gasteiger partial charge on any atom is -0.378 e. The summed E-state index contributed by atoms with van der Waals surface area (Å²) in [7, 11) is 0. The van der Waals surface area contributed by atoms with Crippen molar-refractivity contribution in [3.8, 4) is 0 Å². The molecule has 0 saturated carbocycles. The lowest BCUT2D eigenvalue weighted by Crippen LogP contribution is -2.51. The van der Waals surface area contributed by atoms with Crippen molar-refractivity contribution in [2.45, 2.75) is 31.7 Å². The Hall–Kier alpha value is -1.39. The quantitative estimate of drug-likeness (QED) is 0.912. The highest BCUT2D eigenvalue weighted by molar-refractivity contribution is 5.79. The molecule has 4 nitrogen and oxygen atoms in total. The summed E-state index contributed by atoms with van der Waals surface area (Å²) < 4.78 is 5.31. The van der Waals surface area contributed by atoms with Crippen LogP contribution in [-0.2, 0) is 4.74 Å². The molecule has 106 valence electrons. The number of piperidine rings is 1. The maximum atomic E-state index is 5.31. The zero-order valence-corrected chi connectivity index (χ0v) is 11.9. The highest BCUT2D eigenvalue weighted by Gasteiger charge is 2.30. The first-order valence-electron chi connectivity index (χ1n) is 7.56. The molecule has 0 radical (unpaired) electrons. The van der Waals surface area contributed by atoms with E-state index >= 15 is 0 Å². The molecule has 0 bridgehead atoms. The summed E-state index contributed by atoms with van der Waals surface area (Å²) in [5.41, 5.74) is 4.08. The standard InChI is InChI=1S/C16H21N3O/c1-11-6-13-8-17-18-16(13)7-15(11)12-2-4-19(5-3-12)14-9-20-10-14/h6-8,12,14H,2-5,9-10H2,1H3,(H,17,18). The average molecular weight is 271 g/mol. The molecule has 3 heterocycles. The van der Waals surface area contributed by atoms with Crippen molar-refractivity contribution in [2.24, 2.45) is 0 Å². The molecule has 2 aliphatic rings. The zero-order chi connectivity index (χ0) is 13.5. The van der Waals surface area contributed by atoms with Gasteiger partial charge < -0.3 is 4.74 Å². The van der Waals surface area contributed by atoms with Crippen LogP contribution in [0, 0.1) is 6.92 Å². The van der Waals surface area contributed by atoms with E-state index in [1.165, 1.54) is 48.0 Å². The van der Waals surface area contributed by atoms with Gasteiger partial charge in [-0.3, -0.25) is 10.00 Å². The summed E-state index contributed by atoms with van der Waals surface area (Å²) >= 11 is 0. The van der Waals surface area contributed by atoms with Gasteiger partial charge in [0, 0.05) is 5.39 Å². The molecule has 20 heavy (non-hydrogen) atoms. The number of likely N-dealkylation sites (tertiary alicyclic amines) is 1. The van der Waals surface area contributed by atoms with Gasteiger partial charge in [0.2, 0.25) is 0 Å². The van der Waals surface area contributed by atoms with E-state index < -0.39 is 0 Å². The smallest absolute Gasteiger partial charge is 0.0653 e. The maximum absolute atomic E-state index is 5.31. The first-order chi connectivity index (χ1) is 9.81. The van der Waals surface area contributed by atoms with E-state index in [4.69, 9.17) is 4.74 Å². The molecule has 1 aromatic heterocycles. The summed E-state index contributed by atoms with van der Waals surface area (Å²) in [6, 6.07) is 5.26. The normalized spacial score (nSPS) is 22.2. The van der Waals surface area contributed by atoms with Gasteiger partial charge in [-0.15, -0.1) is 0 Å². The molecule has 0 aliphatic carbocycles. The van der Waals surface area contributed by atoms with Gasteiger partial charge in [0.05, 0.1) is 31.0 Å². The summed E-state index contributed by atoms with van der Waals surface area (Å²) in [6.45, 7) is 6.51. The first-order valence-corrected chi connectivity index (χ1v) is 7.56. The van der Waals surface area contributed by atoms with Crippen molar-refractivity contribution in [1.82, 2.24) is 15.1 Å². The molecule has 2 saturated heterocycles. The van der Waals surface area contributed by atoms with Crippen molar-refractivity contribution in [1.29, 1.82) is 0 Å². The second-order valence-corrected chi connectivity index (χ2v) is 6.17. The fourth-order valence-corrected chi connectivity index (χ4v) is 3.57. The van der Waals surface area contributed by atoms with E-state index in [1.807, 2.05) is 6.20 Å². The molecule has 2 fully saturated rings. The monoisotopic (exact) mass is 271 g/mol. The number of nitrogens with zero attached hydrogens (tertiary/aromatic N) is 2. The molecule has 1 N–H and O–H groups in total. The van der Waals surface area contributed by atoms with E-state index in [9.17, 15) is 0 Å². The van der Waals surface area contributed by atoms with Gasteiger partial charge in [0.1, 0.15) is 0 Å². The Bertz CT molecular complexity index is 609. The molecule has 0 unspecified atom stereocenters. The van der Waals surface area contributed by atoms with Crippen molar-refractivity contribution < 1.29 is 4.74 Å². The molecule has 4 rings (SSSR count). The fraction of sp³-hybridized carbons (Fsp3) is 0.562. The molecule has 0 amide bonds. The van der Waals surface area contributed by atoms with E-state index in [0.29, 0.717) is 12.0 Å². The Morgan fingerprint density at radius 3 is 2.75 bits per heavy atom. The Morgan fingerprint density at radius 1 is 1.25 bits per heavy atom. The van der Waals surface area contributed by atoms with Gasteiger partial charge in [0.25, 0.3) is 0 Å². The maximum Gasteiger partial charge on any atom is 0.0653 e. The first kappa shape index (κ1) is 12.4. The lowest BCUT2D eigenvalue weighted by atomic mass is 9.86. The van der Waals surface area contributed by atoms with Crippen LogP contribution in [0.5, 0.6) is 0 Å². The Kier molecular flexibility index (Phi) is 3.00. The summed E-state index contributed by atoms with van der Waals surface area (Å²) in [6.07, 6.45) is 4.43. The third-order valence-electron chi connectivity index (χ3n) is 4.93. The number of ether oxygens (including phenoxy) is 1. The molecule has 2 aromatic rings. The van der Waals surface area contributed by atoms with Gasteiger partial charge in [-0.05, 0) is 62.0 Å². The van der Waals surface area contributed by atoms with Crippen molar-refractivity contribution in [3.05, 3.63) is 29.5 Å². The van der Waals surface area contributed by atoms with E-state index in [1.54, 1.807) is 0 Å². The Balaban J connectivity index is 1.53. The summed E-state index contributed by atoms with van der Waals surface area (Å²) in [5, 5.41) is 8.45. The third-order valence-corrected chi connectivity index (χ3v) is 4.93. The van der Waals surface area contributed by atoms with Crippen LogP contribution in [0.25, 0.3) is 10.9 Å². The van der Waals surface area contributed by atoms with Gasteiger partial charge >= 0.3 is 0 Å². The predicted octanol–water partition coefficient (Wildman–Crippen LogP) is 2.45. The molecule has 2 aliphatic heterocycles. The number of hydrogen-bond acceptors (Lipinski definition) is 3. The average Bonchev–Trinajstić information content (AvgIpc) is 2.84. The van der Waals surface area contributed by atoms with Crippen LogP contribution in [0.3, 0.4) is 0 Å². The minimum absolute atomic E-state index is 0.687. The molecular weight excluding hydrogens is 250 g/mol. The van der Waals surface area contributed by atoms with Gasteiger partial charge in [-0.1, -0.05) is 0 Å². The van der Waals surface area contributed by atoms with Crippen LogP contribution >= 0.6 is 0 Å². The lowest BCUT2D eigenvalue weighted by molar-refractivity contribution is -0.0712. The van der Waals surface area contributed by atoms with Gasteiger partial charge in [-0.25, -0.2) is 0 Å². The largest absolute Gasteiger partial charge is 0.378 e. The van der Waals surface area contributed by atoms with E-state index in [-0.39, 0.29) is 0 Å². The number of benzene rings is 1. The second kappa shape index (κ2) is 4.86. The number of nitrogens with one attached hydrogen (secondary N) is 1. The van der Waals surface area contributed by atoms with Crippen molar-refractivity contribution >= 4 is 10.9 Å². The topological polar surface area (TPSA) is 41.2 Å². The zero-order valence-electron chi connectivity index (χ0n) is 11.9. The molecular formula is C16H21N3O. The number of aryl methyl sites for hydroxylation is 1. The number of rotatable bonds is 2. The van der Waals surface area contributed by atoms with Crippen LogP contribution in [0.2, 0.25) is 0 Å². The minimum atomic E-state index is 0.687. The molecule has 4 heteroatoms. The van der Waals surface area contributed by atoms with Crippen molar-refractivity contribution in [2.75, 3.05) is 26.3 Å². The predicted molar refractivity (Wildman–Crippen MR) is 79.0 cm³/mol. The molecule has 0 atom stereocenters. The number of H-pyrrole nitrogens is 1. The Morgan fingerprint density at radius 2 is 2.05 bits per heavy atom. The molecule has 0 spiro atoms. The van der Waals surface area contributed by atoms with Crippen LogP contribution in [0.15, 0.2) is 18.3 Å². The van der Waals surface area contributed by atoms with Crippen LogP contribution in [-0.4, -0.2) is 47.4 Å². The van der Waals surface area contributed by atoms with Crippen LogP contribution in [0.1, 0.15) is 29.9 Å². The van der Waals surface area contributed by atoms with E-state index in [2.05, 4.69) is 34.2 Å². The van der Waals surface area contributed by atoms with Gasteiger partial charge in [-0.2, -0.15) is 5.10 Å². The molecule has 1 aromatic carbocycles. The Labute approximate surface area is 119 Å². The SMILES string of the molecule is Cc1cc2cn[nH]c2cc1C1CCN(C2COC2)CC1. The number of aromatic nitrogens is 2. The fourth-order valence-electron chi connectivity index (χ4n) is 3.57. The van der Waals surface area contributed by atoms with Crippen molar-refractivity contribution in [3.63, 3.8) is 0 Å². The second-order valence-electron chi connectivity index (χ2n) is 6.17. The lowest BCUT2D eigenvalue weighted by Gasteiger charge is -2.41. The number of aromatic amines is 1.